The smallest absolute Gasteiger partial charge is 0.223 e. The second-order valence-corrected chi connectivity index (χ2v) is 6.53. The van der Waals surface area contributed by atoms with Crippen LogP contribution in [0.5, 0.6) is 0 Å². The zero-order valence-electron chi connectivity index (χ0n) is 12.5. The van der Waals surface area contributed by atoms with E-state index in [2.05, 4.69) is 32.0 Å². The first-order valence-electron chi connectivity index (χ1n) is 7.15. The zero-order chi connectivity index (χ0) is 14.5. The highest BCUT2D eigenvalue weighted by molar-refractivity contribution is 7.99. The fraction of sp³-hybridized carbons (Fsp3) is 0.562. The fourth-order valence-electron chi connectivity index (χ4n) is 2.26. The Labute approximate surface area is 125 Å². The first-order chi connectivity index (χ1) is 9.56. The Kier molecular flexibility index (Phi) is 5.49. The van der Waals surface area contributed by atoms with E-state index in [9.17, 15) is 4.79 Å². The summed E-state index contributed by atoms with van der Waals surface area (Å²) in [5.41, 5.74) is 2.62. The molecule has 0 radical (unpaired) electrons. The van der Waals surface area contributed by atoms with Gasteiger partial charge in [-0.15, -0.1) is 11.8 Å². The van der Waals surface area contributed by atoms with Crippen LogP contribution in [-0.2, 0) is 9.53 Å². The molecule has 1 aromatic carbocycles. The molecular formula is C16H23NO2S. The maximum Gasteiger partial charge on any atom is 0.223 e. The molecule has 0 N–H and O–H groups in total. The summed E-state index contributed by atoms with van der Waals surface area (Å²) in [7, 11) is 0. The molecule has 1 aliphatic heterocycles. The molecule has 1 amide bonds. The summed E-state index contributed by atoms with van der Waals surface area (Å²) in [6.45, 7) is 8.39. The molecule has 4 heteroatoms. The summed E-state index contributed by atoms with van der Waals surface area (Å²) in [5.74, 6) is 1.09. The van der Waals surface area contributed by atoms with E-state index in [1.54, 1.807) is 11.8 Å². The highest BCUT2D eigenvalue weighted by Crippen LogP contribution is 2.22. The standard InChI is InChI=1S/C16H23NO2S/c1-12-4-5-15(10-13(12)2)20-9-6-16(18)17-7-8-19-14(3)11-17/h4-5,10,14H,6-9,11H2,1-3H3. The SMILES string of the molecule is Cc1ccc(SCCC(=O)N2CCOC(C)C2)cc1C. The molecule has 1 heterocycles. The number of carbonyl (C=O) groups excluding carboxylic acids is 1. The van der Waals surface area contributed by atoms with Crippen LogP contribution in [0.2, 0.25) is 0 Å². The molecule has 0 spiro atoms. The fourth-order valence-corrected chi connectivity index (χ4v) is 3.20. The van der Waals surface area contributed by atoms with Crippen molar-refractivity contribution < 1.29 is 9.53 Å². The molecule has 0 aliphatic carbocycles. The Hall–Kier alpha value is -1.00. The Bertz CT molecular complexity index is 476. The Morgan fingerprint density at radius 2 is 2.20 bits per heavy atom. The van der Waals surface area contributed by atoms with Gasteiger partial charge >= 0.3 is 0 Å². The number of ether oxygens (including phenoxy) is 1. The molecule has 0 bridgehead atoms. The lowest BCUT2D eigenvalue weighted by Crippen LogP contribution is -2.44. The first-order valence-corrected chi connectivity index (χ1v) is 8.14. The van der Waals surface area contributed by atoms with Gasteiger partial charge in [-0.2, -0.15) is 0 Å². The van der Waals surface area contributed by atoms with E-state index in [1.807, 2.05) is 11.8 Å². The van der Waals surface area contributed by atoms with Crippen molar-refractivity contribution in [2.45, 2.75) is 38.2 Å². The Balaban J connectivity index is 1.77. The van der Waals surface area contributed by atoms with Gasteiger partial charge in [0.2, 0.25) is 5.91 Å². The highest BCUT2D eigenvalue weighted by Gasteiger charge is 2.20. The largest absolute Gasteiger partial charge is 0.375 e. The van der Waals surface area contributed by atoms with Crippen molar-refractivity contribution in [2.75, 3.05) is 25.4 Å². The van der Waals surface area contributed by atoms with Crippen LogP contribution in [0.3, 0.4) is 0 Å². The van der Waals surface area contributed by atoms with Crippen molar-refractivity contribution in [1.82, 2.24) is 4.90 Å². The summed E-state index contributed by atoms with van der Waals surface area (Å²) in [4.78, 5) is 15.3. The van der Waals surface area contributed by atoms with Crippen LogP contribution in [0.15, 0.2) is 23.1 Å². The van der Waals surface area contributed by atoms with E-state index in [0.29, 0.717) is 13.0 Å². The van der Waals surface area contributed by atoms with Crippen LogP contribution in [0.25, 0.3) is 0 Å². The molecule has 1 aliphatic rings. The third-order valence-electron chi connectivity index (χ3n) is 3.66. The van der Waals surface area contributed by atoms with Gasteiger partial charge < -0.3 is 9.64 Å². The summed E-state index contributed by atoms with van der Waals surface area (Å²) in [6, 6.07) is 6.47. The number of hydrogen-bond donors (Lipinski definition) is 0. The monoisotopic (exact) mass is 293 g/mol. The van der Waals surface area contributed by atoms with Crippen LogP contribution < -0.4 is 0 Å². The van der Waals surface area contributed by atoms with Crippen LogP contribution in [0, 0.1) is 13.8 Å². The summed E-state index contributed by atoms with van der Waals surface area (Å²) < 4.78 is 5.46. The molecule has 3 nitrogen and oxygen atoms in total. The number of hydrogen-bond acceptors (Lipinski definition) is 3. The van der Waals surface area contributed by atoms with Gasteiger partial charge in [0.1, 0.15) is 0 Å². The number of aryl methyl sites for hydroxylation is 2. The minimum atomic E-state index is 0.167. The van der Waals surface area contributed by atoms with Gasteiger partial charge in [-0.1, -0.05) is 6.07 Å². The van der Waals surface area contributed by atoms with Gasteiger partial charge in [0.05, 0.1) is 12.7 Å². The van der Waals surface area contributed by atoms with E-state index in [-0.39, 0.29) is 12.0 Å². The molecule has 20 heavy (non-hydrogen) atoms. The molecule has 1 saturated heterocycles. The van der Waals surface area contributed by atoms with Gasteiger partial charge in [0.15, 0.2) is 0 Å². The predicted molar refractivity (Wildman–Crippen MR) is 83.3 cm³/mol. The van der Waals surface area contributed by atoms with Crippen molar-refractivity contribution >= 4 is 17.7 Å². The minimum Gasteiger partial charge on any atom is -0.375 e. The second-order valence-electron chi connectivity index (χ2n) is 5.37. The molecule has 110 valence electrons. The van der Waals surface area contributed by atoms with Crippen molar-refractivity contribution in [3.05, 3.63) is 29.3 Å². The maximum atomic E-state index is 12.1. The van der Waals surface area contributed by atoms with E-state index < -0.39 is 0 Å². The average Bonchev–Trinajstić information content (AvgIpc) is 2.42. The number of benzene rings is 1. The van der Waals surface area contributed by atoms with Gasteiger partial charge in [0.25, 0.3) is 0 Å². The van der Waals surface area contributed by atoms with Crippen molar-refractivity contribution in [2.24, 2.45) is 0 Å². The third-order valence-corrected chi connectivity index (χ3v) is 4.65. The minimum absolute atomic E-state index is 0.167. The first kappa shape index (κ1) is 15.4. The number of morpholine rings is 1. The summed E-state index contributed by atoms with van der Waals surface area (Å²) >= 11 is 1.76. The van der Waals surface area contributed by atoms with Gasteiger partial charge in [0, 0.05) is 30.2 Å². The van der Waals surface area contributed by atoms with Crippen LogP contribution in [-0.4, -0.2) is 42.4 Å². The highest BCUT2D eigenvalue weighted by atomic mass is 32.2. The third kappa shape index (κ3) is 4.25. The van der Waals surface area contributed by atoms with Crippen LogP contribution in [0.1, 0.15) is 24.5 Å². The number of amides is 1. The van der Waals surface area contributed by atoms with E-state index in [1.165, 1.54) is 16.0 Å². The van der Waals surface area contributed by atoms with Crippen molar-refractivity contribution in [1.29, 1.82) is 0 Å². The maximum absolute atomic E-state index is 12.1. The van der Waals surface area contributed by atoms with Crippen LogP contribution >= 0.6 is 11.8 Å². The summed E-state index contributed by atoms with van der Waals surface area (Å²) in [6.07, 6.45) is 0.768. The normalized spacial score (nSPS) is 19.1. The number of carbonyl (C=O) groups is 1. The van der Waals surface area contributed by atoms with Gasteiger partial charge in [-0.25, -0.2) is 0 Å². The summed E-state index contributed by atoms with van der Waals surface area (Å²) in [5, 5.41) is 0. The predicted octanol–water partition coefficient (Wildman–Crippen LogP) is 3.03. The second kappa shape index (κ2) is 7.14. The zero-order valence-corrected chi connectivity index (χ0v) is 13.3. The molecule has 1 aromatic rings. The number of nitrogens with zero attached hydrogens (tertiary/aromatic N) is 1. The molecule has 1 atom stereocenters. The quantitative estimate of drug-likeness (QED) is 0.799. The molecule has 1 unspecified atom stereocenters. The molecule has 1 fully saturated rings. The lowest BCUT2D eigenvalue weighted by atomic mass is 10.1. The number of rotatable bonds is 4. The van der Waals surface area contributed by atoms with Crippen molar-refractivity contribution in [3.63, 3.8) is 0 Å². The molecule has 0 saturated carbocycles. The lowest BCUT2D eigenvalue weighted by molar-refractivity contribution is -0.137. The van der Waals surface area contributed by atoms with Crippen molar-refractivity contribution in [3.8, 4) is 0 Å². The van der Waals surface area contributed by atoms with Crippen LogP contribution in [0.4, 0.5) is 0 Å². The van der Waals surface area contributed by atoms with E-state index in [4.69, 9.17) is 4.74 Å². The molecule has 2 rings (SSSR count). The topological polar surface area (TPSA) is 29.5 Å². The lowest BCUT2D eigenvalue weighted by Gasteiger charge is -2.31. The Morgan fingerprint density at radius 1 is 1.40 bits per heavy atom. The average molecular weight is 293 g/mol. The van der Waals surface area contributed by atoms with Gasteiger partial charge in [-0.3, -0.25) is 4.79 Å². The Morgan fingerprint density at radius 3 is 2.90 bits per heavy atom. The molecule has 0 aromatic heterocycles. The van der Waals surface area contributed by atoms with E-state index >= 15 is 0 Å². The van der Waals surface area contributed by atoms with Gasteiger partial charge in [-0.05, 0) is 44.0 Å². The number of thioether (sulfide) groups is 1. The molecular weight excluding hydrogens is 270 g/mol. The van der Waals surface area contributed by atoms with E-state index in [0.717, 1.165) is 18.8 Å².